The third-order valence-electron chi connectivity index (χ3n) is 4.80. The van der Waals surface area contributed by atoms with Crippen molar-refractivity contribution in [2.24, 2.45) is 0 Å². The molecule has 2 N–H and O–H groups in total. The Hall–Kier alpha value is -2.78. The largest absolute Gasteiger partial charge is 0.354 e. The number of amides is 1. The molecular formula is C19H21N3O5S. The van der Waals surface area contributed by atoms with Gasteiger partial charge in [0.15, 0.2) is 0 Å². The van der Waals surface area contributed by atoms with Gasteiger partial charge in [-0.2, -0.15) is 0 Å². The Labute approximate surface area is 163 Å². The van der Waals surface area contributed by atoms with E-state index in [-0.39, 0.29) is 29.6 Å². The maximum absolute atomic E-state index is 12.6. The fourth-order valence-corrected chi connectivity index (χ4v) is 4.16. The molecule has 1 amide bonds. The van der Waals surface area contributed by atoms with Gasteiger partial charge >= 0.3 is 0 Å². The van der Waals surface area contributed by atoms with Crippen molar-refractivity contribution in [3.8, 4) is 0 Å². The van der Waals surface area contributed by atoms with Gasteiger partial charge in [0.05, 0.1) is 15.2 Å². The summed E-state index contributed by atoms with van der Waals surface area (Å²) < 4.78 is 26.9. The van der Waals surface area contributed by atoms with Crippen molar-refractivity contribution in [3.63, 3.8) is 0 Å². The van der Waals surface area contributed by atoms with Crippen LogP contribution in [0, 0.1) is 17.0 Å². The van der Waals surface area contributed by atoms with E-state index in [2.05, 4.69) is 10.0 Å². The maximum atomic E-state index is 12.6. The molecule has 0 radical (unpaired) electrons. The fourth-order valence-electron chi connectivity index (χ4n) is 3.09. The van der Waals surface area contributed by atoms with Crippen molar-refractivity contribution in [1.29, 1.82) is 0 Å². The summed E-state index contributed by atoms with van der Waals surface area (Å²) >= 11 is 0. The van der Waals surface area contributed by atoms with Crippen LogP contribution in [0.25, 0.3) is 0 Å². The van der Waals surface area contributed by atoms with E-state index in [1.165, 1.54) is 18.2 Å². The lowest BCUT2D eigenvalue weighted by Gasteiger charge is -2.16. The lowest BCUT2D eigenvalue weighted by molar-refractivity contribution is -0.385. The van der Waals surface area contributed by atoms with Gasteiger partial charge < -0.3 is 5.32 Å². The van der Waals surface area contributed by atoms with Crippen LogP contribution >= 0.6 is 0 Å². The molecule has 28 heavy (non-hydrogen) atoms. The second kappa shape index (κ2) is 7.69. The number of hydrogen-bond acceptors (Lipinski definition) is 5. The maximum Gasteiger partial charge on any atom is 0.270 e. The monoisotopic (exact) mass is 403 g/mol. The minimum atomic E-state index is -3.90. The summed E-state index contributed by atoms with van der Waals surface area (Å²) in [6, 6.07) is 12.6. The van der Waals surface area contributed by atoms with Crippen LogP contribution in [0.1, 0.15) is 24.0 Å². The van der Waals surface area contributed by atoms with Crippen LogP contribution in [-0.4, -0.2) is 32.3 Å². The van der Waals surface area contributed by atoms with Gasteiger partial charge in [0.1, 0.15) is 0 Å². The molecule has 0 saturated heterocycles. The van der Waals surface area contributed by atoms with Crippen molar-refractivity contribution < 1.29 is 18.1 Å². The van der Waals surface area contributed by atoms with E-state index in [1.807, 2.05) is 31.2 Å². The first kappa shape index (κ1) is 20.0. The van der Waals surface area contributed by atoms with Crippen LogP contribution in [0.2, 0.25) is 0 Å². The van der Waals surface area contributed by atoms with Crippen molar-refractivity contribution in [1.82, 2.24) is 10.0 Å². The third-order valence-corrected chi connectivity index (χ3v) is 6.26. The quantitative estimate of drug-likeness (QED) is 0.397. The summed E-state index contributed by atoms with van der Waals surface area (Å²) in [6.07, 6.45) is 1.53. The van der Waals surface area contributed by atoms with Crippen LogP contribution in [0.4, 0.5) is 5.69 Å². The molecule has 0 spiro atoms. The predicted molar refractivity (Wildman–Crippen MR) is 103 cm³/mol. The first-order valence-corrected chi connectivity index (χ1v) is 10.3. The minimum absolute atomic E-state index is 0.0132. The SMILES string of the molecule is Cc1cccc(C2(C(=O)NCCNS(=O)(=O)c3cccc([N+](=O)[O-])c3)CC2)c1. The van der Waals surface area contributed by atoms with Crippen LogP contribution in [-0.2, 0) is 20.2 Å². The van der Waals surface area contributed by atoms with Gasteiger partial charge in [0.25, 0.3) is 5.69 Å². The number of benzene rings is 2. The highest BCUT2D eigenvalue weighted by Crippen LogP contribution is 2.48. The molecule has 0 heterocycles. The van der Waals surface area contributed by atoms with E-state index in [0.29, 0.717) is 0 Å². The molecule has 0 aromatic heterocycles. The zero-order valence-corrected chi connectivity index (χ0v) is 16.2. The molecule has 2 aromatic rings. The molecule has 0 atom stereocenters. The number of carbonyl (C=O) groups is 1. The van der Waals surface area contributed by atoms with Crippen LogP contribution in [0.3, 0.4) is 0 Å². The first-order chi connectivity index (χ1) is 13.2. The molecule has 0 bridgehead atoms. The molecule has 1 fully saturated rings. The molecule has 148 valence electrons. The van der Waals surface area contributed by atoms with E-state index in [0.717, 1.165) is 30.0 Å². The number of carbonyl (C=O) groups excluding carboxylic acids is 1. The molecule has 1 saturated carbocycles. The number of nitro benzene ring substituents is 1. The number of nitrogens with one attached hydrogen (secondary N) is 2. The molecule has 1 aliphatic carbocycles. The molecular weight excluding hydrogens is 382 g/mol. The van der Waals surface area contributed by atoms with E-state index in [4.69, 9.17) is 0 Å². The number of aryl methyl sites for hydroxylation is 1. The van der Waals surface area contributed by atoms with Crippen LogP contribution < -0.4 is 10.0 Å². The highest BCUT2D eigenvalue weighted by molar-refractivity contribution is 7.89. The Morgan fingerprint density at radius 3 is 2.50 bits per heavy atom. The number of non-ortho nitro benzene ring substituents is 1. The number of rotatable bonds is 8. The summed E-state index contributed by atoms with van der Waals surface area (Å²) in [5.41, 5.74) is 1.23. The molecule has 9 heteroatoms. The van der Waals surface area contributed by atoms with Crippen molar-refractivity contribution >= 4 is 21.6 Å². The smallest absolute Gasteiger partial charge is 0.270 e. The summed E-state index contributed by atoms with van der Waals surface area (Å²) in [7, 11) is -3.90. The Morgan fingerprint density at radius 1 is 1.14 bits per heavy atom. The van der Waals surface area contributed by atoms with Gasteiger partial charge in [-0.15, -0.1) is 0 Å². The molecule has 1 aliphatic rings. The van der Waals surface area contributed by atoms with Crippen molar-refractivity contribution in [2.45, 2.75) is 30.1 Å². The number of nitro groups is 1. The van der Waals surface area contributed by atoms with Gasteiger partial charge in [-0.3, -0.25) is 14.9 Å². The number of hydrogen-bond donors (Lipinski definition) is 2. The molecule has 0 unspecified atom stereocenters. The predicted octanol–water partition coefficient (Wildman–Crippen LogP) is 2.03. The second-order valence-electron chi connectivity index (χ2n) is 6.86. The fraction of sp³-hybridized carbons (Fsp3) is 0.316. The highest BCUT2D eigenvalue weighted by Gasteiger charge is 2.51. The molecule has 0 aliphatic heterocycles. The summed E-state index contributed by atoms with van der Waals surface area (Å²) in [6.45, 7) is 2.08. The zero-order chi connectivity index (χ0) is 20.4. The van der Waals surface area contributed by atoms with Gasteiger partial charge in [-0.05, 0) is 31.4 Å². The Morgan fingerprint density at radius 2 is 1.86 bits per heavy atom. The average molecular weight is 403 g/mol. The molecule has 2 aromatic carbocycles. The Balaban J connectivity index is 1.56. The summed E-state index contributed by atoms with van der Waals surface area (Å²) in [4.78, 5) is 22.5. The lowest BCUT2D eigenvalue weighted by atomic mass is 9.93. The van der Waals surface area contributed by atoms with E-state index in [9.17, 15) is 23.3 Å². The lowest BCUT2D eigenvalue weighted by Crippen LogP contribution is -2.39. The van der Waals surface area contributed by atoms with E-state index >= 15 is 0 Å². The summed E-state index contributed by atoms with van der Waals surface area (Å²) in [5, 5.41) is 13.6. The number of sulfonamides is 1. The summed E-state index contributed by atoms with van der Waals surface area (Å²) in [5.74, 6) is -0.118. The van der Waals surface area contributed by atoms with E-state index in [1.54, 1.807) is 0 Å². The Bertz CT molecular complexity index is 1020. The van der Waals surface area contributed by atoms with E-state index < -0.39 is 20.4 Å². The molecule has 3 rings (SSSR count). The normalized spacial score (nSPS) is 15.0. The highest BCUT2D eigenvalue weighted by atomic mass is 32.2. The zero-order valence-electron chi connectivity index (χ0n) is 15.3. The number of nitrogens with zero attached hydrogens (tertiary/aromatic N) is 1. The molecule has 8 nitrogen and oxygen atoms in total. The van der Waals surface area contributed by atoms with Crippen molar-refractivity contribution in [3.05, 3.63) is 69.8 Å². The second-order valence-corrected chi connectivity index (χ2v) is 8.63. The third kappa shape index (κ3) is 4.20. The van der Waals surface area contributed by atoms with Crippen LogP contribution in [0.15, 0.2) is 53.4 Å². The van der Waals surface area contributed by atoms with Gasteiger partial charge in [-0.1, -0.05) is 35.9 Å². The van der Waals surface area contributed by atoms with Crippen molar-refractivity contribution in [2.75, 3.05) is 13.1 Å². The Kier molecular flexibility index (Phi) is 5.48. The first-order valence-electron chi connectivity index (χ1n) is 8.84. The average Bonchev–Trinajstić information content (AvgIpc) is 3.47. The van der Waals surface area contributed by atoms with Gasteiger partial charge in [-0.25, -0.2) is 13.1 Å². The van der Waals surface area contributed by atoms with Crippen LogP contribution in [0.5, 0.6) is 0 Å². The standard InChI is InChI=1S/C19H21N3O5S/c1-14-4-2-5-15(12-14)19(8-9-19)18(23)20-10-11-21-28(26,27)17-7-3-6-16(13-17)22(24)25/h2-7,12-13,21H,8-11H2,1H3,(H,20,23). The minimum Gasteiger partial charge on any atom is -0.354 e. The van der Waals surface area contributed by atoms with Gasteiger partial charge in [0.2, 0.25) is 15.9 Å². The topological polar surface area (TPSA) is 118 Å². The van der Waals surface area contributed by atoms with Gasteiger partial charge in [0, 0.05) is 25.2 Å².